The molecular weight excluding hydrogens is 320 g/mol. The van der Waals surface area contributed by atoms with Gasteiger partial charge in [0.1, 0.15) is 0 Å². The molecule has 0 radical (unpaired) electrons. The van der Waals surface area contributed by atoms with Gasteiger partial charge in [0.2, 0.25) is 0 Å². The highest BCUT2D eigenvalue weighted by atomic mass is 16.5. The molecule has 3 rings (SSSR count). The zero-order valence-corrected chi connectivity index (χ0v) is 14.6. The molecule has 1 fully saturated rings. The van der Waals surface area contributed by atoms with Crippen molar-refractivity contribution >= 4 is 11.6 Å². The van der Waals surface area contributed by atoms with Gasteiger partial charge in [0.05, 0.1) is 37.1 Å². The second-order valence-corrected chi connectivity index (χ2v) is 5.98. The van der Waals surface area contributed by atoms with Crippen LogP contribution in [-0.4, -0.2) is 55.7 Å². The van der Waals surface area contributed by atoms with E-state index in [1.807, 2.05) is 37.4 Å². The van der Waals surface area contributed by atoms with Gasteiger partial charge in [-0.3, -0.25) is 9.48 Å². The Hall–Kier alpha value is -2.38. The number of rotatable bonds is 6. The monoisotopic (exact) mass is 344 g/mol. The first kappa shape index (κ1) is 17.4. The Morgan fingerprint density at radius 2 is 2.08 bits per heavy atom. The van der Waals surface area contributed by atoms with Gasteiger partial charge in [-0.25, -0.2) is 0 Å². The fourth-order valence-electron chi connectivity index (χ4n) is 3.08. The molecule has 0 saturated carbocycles. The molecule has 25 heavy (non-hydrogen) atoms. The SMILES string of the molecule is COC[C@@H](NC(=O)c1ccccc1N1CCOCC1)c1ccnn1C. The van der Waals surface area contributed by atoms with Gasteiger partial charge in [-0.1, -0.05) is 12.1 Å². The summed E-state index contributed by atoms with van der Waals surface area (Å²) in [6, 6.07) is 9.30. The smallest absolute Gasteiger partial charge is 0.254 e. The zero-order chi connectivity index (χ0) is 17.6. The van der Waals surface area contributed by atoms with Crippen molar-refractivity contribution in [1.82, 2.24) is 15.1 Å². The topological polar surface area (TPSA) is 68.6 Å². The summed E-state index contributed by atoms with van der Waals surface area (Å²) in [5.74, 6) is -0.120. The molecule has 0 bridgehead atoms. The lowest BCUT2D eigenvalue weighted by Crippen LogP contribution is -2.38. The van der Waals surface area contributed by atoms with Crippen LogP contribution in [0.2, 0.25) is 0 Å². The number of carbonyl (C=O) groups excluding carboxylic acids is 1. The van der Waals surface area contributed by atoms with Crippen LogP contribution in [-0.2, 0) is 16.5 Å². The van der Waals surface area contributed by atoms with Crippen molar-refractivity contribution in [2.45, 2.75) is 6.04 Å². The van der Waals surface area contributed by atoms with E-state index in [-0.39, 0.29) is 11.9 Å². The molecule has 1 saturated heterocycles. The number of para-hydroxylation sites is 1. The summed E-state index contributed by atoms with van der Waals surface area (Å²) in [5, 5.41) is 7.25. The molecule has 1 N–H and O–H groups in total. The minimum Gasteiger partial charge on any atom is -0.382 e. The minimum absolute atomic E-state index is 0.120. The Kier molecular flexibility index (Phi) is 5.67. The molecule has 7 heteroatoms. The molecule has 1 aliphatic heterocycles. The van der Waals surface area contributed by atoms with Gasteiger partial charge in [0, 0.05) is 39.1 Å². The first-order chi connectivity index (χ1) is 12.2. The molecule has 2 heterocycles. The third-order valence-electron chi connectivity index (χ3n) is 4.35. The molecule has 0 aliphatic carbocycles. The predicted molar refractivity (Wildman–Crippen MR) is 94.8 cm³/mol. The number of aromatic nitrogens is 2. The fourth-order valence-corrected chi connectivity index (χ4v) is 3.08. The molecule has 2 aromatic rings. The van der Waals surface area contributed by atoms with Crippen molar-refractivity contribution in [3.63, 3.8) is 0 Å². The van der Waals surface area contributed by atoms with Crippen molar-refractivity contribution in [2.24, 2.45) is 7.05 Å². The number of benzene rings is 1. The third-order valence-corrected chi connectivity index (χ3v) is 4.35. The van der Waals surface area contributed by atoms with E-state index in [1.165, 1.54) is 0 Å². The van der Waals surface area contributed by atoms with Gasteiger partial charge in [0.25, 0.3) is 5.91 Å². The number of nitrogens with zero attached hydrogens (tertiary/aromatic N) is 3. The van der Waals surface area contributed by atoms with Gasteiger partial charge < -0.3 is 19.7 Å². The number of hydrogen-bond acceptors (Lipinski definition) is 5. The quantitative estimate of drug-likeness (QED) is 0.857. The van der Waals surface area contributed by atoms with Crippen molar-refractivity contribution in [3.8, 4) is 0 Å². The molecule has 7 nitrogen and oxygen atoms in total. The van der Waals surface area contributed by atoms with E-state index in [4.69, 9.17) is 9.47 Å². The van der Waals surface area contributed by atoms with Crippen LogP contribution in [0.4, 0.5) is 5.69 Å². The number of hydrogen-bond donors (Lipinski definition) is 1. The highest BCUT2D eigenvalue weighted by molar-refractivity contribution is 6.00. The highest BCUT2D eigenvalue weighted by Crippen LogP contribution is 2.22. The summed E-state index contributed by atoms with van der Waals surface area (Å²) in [6.07, 6.45) is 1.71. The van der Waals surface area contributed by atoms with E-state index in [2.05, 4.69) is 15.3 Å². The first-order valence-electron chi connectivity index (χ1n) is 8.40. The lowest BCUT2D eigenvalue weighted by atomic mass is 10.1. The van der Waals surface area contributed by atoms with E-state index in [0.29, 0.717) is 25.4 Å². The maximum absolute atomic E-state index is 12.9. The normalized spacial score (nSPS) is 15.8. The summed E-state index contributed by atoms with van der Waals surface area (Å²) in [6.45, 7) is 3.31. The summed E-state index contributed by atoms with van der Waals surface area (Å²) < 4.78 is 12.4. The number of carbonyl (C=O) groups is 1. The van der Waals surface area contributed by atoms with Crippen LogP contribution in [0.5, 0.6) is 0 Å². The summed E-state index contributed by atoms with van der Waals surface area (Å²) in [7, 11) is 3.48. The second-order valence-electron chi connectivity index (χ2n) is 5.98. The van der Waals surface area contributed by atoms with Crippen LogP contribution in [0.25, 0.3) is 0 Å². The van der Waals surface area contributed by atoms with Crippen LogP contribution in [0.1, 0.15) is 22.1 Å². The Morgan fingerprint density at radius 3 is 2.76 bits per heavy atom. The van der Waals surface area contributed by atoms with Crippen molar-refractivity contribution in [1.29, 1.82) is 0 Å². The summed E-state index contributed by atoms with van der Waals surface area (Å²) >= 11 is 0. The lowest BCUT2D eigenvalue weighted by Gasteiger charge is -2.30. The zero-order valence-electron chi connectivity index (χ0n) is 14.6. The van der Waals surface area contributed by atoms with E-state index >= 15 is 0 Å². The third kappa shape index (κ3) is 4.00. The Labute approximate surface area is 147 Å². The summed E-state index contributed by atoms with van der Waals surface area (Å²) in [4.78, 5) is 15.1. The minimum atomic E-state index is -0.261. The molecule has 1 atom stereocenters. The first-order valence-corrected chi connectivity index (χ1v) is 8.40. The van der Waals surface area contributed by atoms with E-state index in [9.17, 15) is 4.79 Å². The van der Waals surface area contributed by atoms with E-state index in [0.717, 1.165) is 24.5 Å². The van der Waals surface area contributed by atoms with Gasteiger partial charge in [-0.2, -0.15) is 5.10 Å². The molecule has 1 aromatic carbocycles. The predicted octanol–water partition coefficient (Wildman–Crippen LogP) is 1.37. The van der Waals surface area contributed by atoms with Crippen LogP contribution < -0.4 is 10.2 Å². The Balaban J connectivity index is 1.81. The molecule has 1 amide bonds. The standard InChI is InChI=1S/C18H24N4O3/c1-21-17(7-8-19-21)15(13-24-2)20-18(23)14-5-3-4-6-16(14)22-9-11-25-12-10-22/h3-8,15H,9-13H2,1-2H3,(H,20,23)/t15-/m1/s1. The van der Waals surface area contributed by atoms with Crippen LogP contribution >= 0.6 is 0 Å². The van der Waals surface area contributed by atoms with Crippen LogP contribution in [0.15, 0.2) is 36.5 Å². The van der Waals surface area contributed by atoms with Gasteiger partial charge in [-0.15, -0.1) is 0 Å². The number of anilines is 1. The van der Waals surface area contributed by atoms with Crippen LogP contribution in [0.3, 0.4) is 0 Å². The molecule has 1 aliphatic rings. The van der Waals surface area contributed by atoms with Gasteiger partial charge in [-0.05, 0) is 18.2 Å². The van der Waals surface area contributed by atoms with Crippen molar-refractivity contribution in [3.05, 3.63) is 47.8 Å². The lowest BCUT2D eigenvalue weighted by molar-refractivity contribution is 0.0891. The number of methoxy groups -OCH3 is 1. The molecule has 0 spiro atoms. The highest BCUT2D eigenvalue weighted by Gasteiger charge is 2.22. The number of morpholine rings is 1. The Bertz CT molecular complexity index is 710. The van der Waals surface area contributed by atoms with E-state index in [1.54, 1.807) is 18.0 Å². The molecule has 134 valence electrons. The Morgan fingerprint density at radius 1 is 1.32 bits per heavy atom. The fraction of sp³-hybridized carbons (Fsp3) is 0.444. The molecular formula is C18H24N4O3. The number of nitrogens with one attached hydrogen (secondary N) is 1. The van der Waals surface area contributed by atoms with E-state index < -0.39 is 0 Å². The van der Waals surface area contributed by atoms with Crippen molar-refractivity contribution in [2.75, 3.05) is 44.9 Å². The summed E-state index contributed by atoms with van der Waals surface area (Å²) in [5.41, 5.74) is 2.50. The maximum Gasteiger partial charge on any atom is 0.254 e. The van der Waals surface area contributed by atoms with Gasteiger partial charge >= 0.3 is 0 Å². The largest absolute Gasteiger partial charge is 0.382 e. The molecule has 0 unspecified atom stereocenters. The number of aryl methyl sites for hydroxylation is 1. The second kappa shape index (κ2) is 8.13. The average molecular weight is 344 g/mol. The number of ether oxygens (including phenoxy) is 2. The molecule has 1 aromatic heterocycles. The average Bonchev–Trinajstić information content (AvgIpc) is 3.08. The van der Waals surface area contributed by atoms with Crippen molar-refractivity contribution < 1.29 is 14.3 Å². The van der Waals surface area contributed by atoms with Gasteiger partial charge in [0.15, 0.2) is 0 Å². The van der Waals surface area contributed by atoms with Crippen LogP contribution in [0, 0.1) is 0 Å². The maximum atomic E-state index is 12.9. The number of amides is 1.